The second kappa shape index (κ2) is 6.69. The highest BCUT2D eigenvalue weighted by Crippen LogP contribution is 2.38. The molecule has 1 aromatic carbocycles. The van der Waals surface area contributed by atoms with Crippen LogP contribution in [0.1, 0.15) is 43.7 Å². The predicted molar refractivity (Wildman–Crippen MR) is 76.3 cm³/mol. The van der Waals surface area contributed by atoms with Gasteiger partial charge in [0.1, 0.15) is 5.75 Å². The number of benzene rings is 1. The molecule has 1 aromatic rings. The zero-order valence-corrected chi connectivity index (χ0v) is 12.2. The Kier molecular flexibility index (Phi) is 5.14. The fourth-order valence-electron chi connectivity index (χ4n) is 2.37. The molecule has 21 heavy (non-hydrogen) atoms. The van der Waals surface area contributed by atoms with Crippen LogP contribution in [0.25, 0.3) is 0 Å². The van der Waals surface area contributed by atoms with Crippen molar-refractivity contribution < 1.29 is 17.9 Å². The largest absolute Gasteiger partial charge is 0.493 e. The summed E-state index contributed by atoms with van der Waals surface area (Å²) in [6, 6.07) is 4.17. The lowest BCUT2D eigenvalue weighted by Crippen LogP contribution is -2.22. The van der Waals surface area contributed by atoms with Gasteiger partial charge in [-0.15, -0.1) is 0 Å². The summed E-state index contributed by atoms with van der Waals surface area (Å²) in [5, 5.41) is 0. The van der Waals surface area contributed by atoms with E-state index in [2.05, 4.69) is 0 Å². The smallest absolute Gasteiger partial charge is 0.419 e. The fraction of sp³-hybridized carbons (Fsp3) is 0.625. The molecule has 1 aliphatic carbocycles. The summed E-state index contributed by atoms with van der Waals surface area (Å²) in [4.78, 5) is 0. The van der Waals surface area contributed by atoms with E-state index in [1.54, 1.807) is 6.07 Å². The maximum atomic E-state index is 13.2. The van der Waals surface area contributed by atoms with Crippen molar-refractivity contribution in [2.75, 3.05) is 6.61 Å². The van der Waals surface area contributed by atoms with E-state index in [4.69, 9.17) is 10.5 Å². The summed E-state index contributed by atoms with van der Waals surface area (Å²) in [5.41, 5.74) is 5.73. The molecule has 118 valence electrons. The van der Waals surface area contributed by atoms with Crippen molar-refractivity contribution in [2.24, 2.45) is 11.7 Å². The van der Waals surface area contributed by atoms with Crippen LogP contribution in [0.5, 0.6) is 5.75 Å². The van der Waals surface area contributed by atoms with Crippen LogP contribution in [0.2, 0.25) is 0 Å². The molecule has 0 aromatic heterocycles. The molecule has 0 saturated heterocycles. The third-order valence-corrected chi connectivity index (χ3v) is 4.07. The number of ether oxygens (including phenoxy) is 1. The number of alkyl halides is 3. The van der Waals surface area contributed by atoms with Crippen molar-refractivity contribution in [3.63, 3.8) is 0 Å². The lowest BCUT2D eigenvalue weighted by atomic mass is 9.86. The molecule has 2 rings (SSSR count). The molecule has 1 saturated carbocycles. The van der Waals surface area contributed by atoms with Crippen LogP contribution in [0.3, 0.4) is 0 Å². The monoisotopic (exact) mass is 301 g/mol. The zero-order chi connectivity index (χ0) is 15.5. The molecular weight excluding hydrogens is 279 g/mol. The molecule has 0 radical (unpaired) electrons. The Morgan fingerprint density at radius 3 is 2.57 bits per heavy atom. The molecule has 1 unspecified atom stereocenters. The number of rotatable bonds is 6. The van der Waals surface area contributed by atoms with Gasteiger partial charge in [-0.2, -0.15) is 13.2 Å². The van der Waals surface area contributed by atoms with Crippen molar-refractivity contribution >= 4 is 0 Å². The van der Waals surface area contributed by atoms with Crippen molar-refractivity contribution in [2.45, 2.75) is 51.2 Å². The molecule has 1 aliphatic rings. The SMILES string of the molecule is CCC(N)Cc1ccc(OCC2CCC2)c(C(F)(F)F)c1. The van der Waals surface area contributed by atoms with Gasteiger partial charge in [0.2, 0.25) is 0 Å². The Morgan fingerprint density at radius 2 is 2.05 bits per heavy atom. The normalized spacial score (nSPS) is 17.4. The molecule has 0 spiro atoms. The van der Waals surface area contributed by atoms with Crippen LogP contribution >= 0.6 is 0 Å². The van der Waals surface area contributed by atoms with Crippen LogP contribution in [0, 0.1) is 5.92 Å². The Bertz CT molecular complexity index is 469. The Labute approximate surface area is 123 Å². The van der Waals surface area contributed by atoms with Gasteiger partial charge in [-0.1, -0.05) is 19.4 Å². The van der Waals surface area contributed by atoms with E-state index in [0.717, 1.165) is 25.7 Å². The van der Waals surface area contributed by atoms with Gasteiger partial charge in [0, 0.05) is 6.04 Å². The van der Waals surface area contributed by atoms with Crippen LogP contribution < -0.4 is 10.5 Å². The summed E-state index contributed by atoms with van der Waals surface area (Å²) in [5.74, 6) is 0.336. The molecule has 5 heteroatoms. The van der Waals surface area contributed by atoms with Crippen molar-refractivity contribution in [3.05, 3.63) is 29.3 Å². The molecular formula is C16H22F3NO. The summed E-state index contributed by atoms with van der Waals surface area (Å²) in [6.07, 6.45) is 0.0224. The number of nitrogens with two attached hydrogens (primary N) is 1. The van der Waals surface area contributed by atoms with Crippen LogP contribution in [-0.4, -0.2) is 12.6 Å². The molecule has 2 N–H and O–H groups in total. The second-order valence-electron chi connectivity index (χ2n) is 5.81. The average molecular weight is 301 g/mol. The lowest BCUT2D eigenvalue weighted by Gasteiger charge is -2.26. The van der Waals surface area contributed by atoms with Crippen molar-refractivity contribution in [1.82, 2.24) is 0 Å². The second-order valence-corrected chi connectivity index (χ2v) is 5.81. The van der Waals surface area contributed by atoms with Crippen molar-refractivity contribution in [1.29, 1.82) is 0 Å². The predicted octanol–water partition coefficient (Wildman–Crippen LogP) is 4.16. The third kappa shape index (κ3) is 4.37. The van der Waals surface area contributed by atoms with E-state index in [9.17, 15) is 13.2 Å². The number of hydrogen-bond donors (Lipinski definition) is 1. The van der Waals surface area contributed by atoms with Crippen LogP contribution in [0.4, 0.5) is 13.2 Å². The van der Waals surface area contributed by atoms with E-state index >= 15 is 0 Å². The first-order chi connectivity index (χ1) is 9.90. The number of halogens is 3. The van der Waals surface area contributed by atoms with E-state index in [1.165, 1.54) is 12.1 Å². The van der Waals surface area contributed by atoms with Gasteiger partial charge in [-0.05, 0) is 49.3 Å². The van der Waals surface area contributed by atoms with E-state index in [1.807, 2.05) is 6.92 Å². The Balaban J connectivity index is 2.14. The first-order valence-electron chi connectivity index (χ1n) is 7.48. The molecule has 2 nitrogen and oxygen atoms in total. The topological polar surface area (TPSA) is 35.2 Å². The fourth-order valence-corrected chi connectivity index (χ4v) is 2.37. The third-order valence-electron chi connectivity index (χ3n) is 4.07. The van der Waals surface area contributed by atoms with Gasteiger partial charge in [0.25, 0.3) is 0 Å². The molecule has 1 fully saturated rings. The van der Waals surface area contributed by atoms with Gasteiger partial charge in [-0.25, -0.2) is 0 Å². The van der Waals surface area contributed by atoms with Crippen LogP contribution in [0.15, 0.2) is 18.2 Å². The molecule has 1 atom stereocenters. The quantitative estimate of drug-likeness (QED) is 0.856. The van der Waals surface area contributed by atoms with E-state index in [0.29, 0.717) is 24.5 Å². The highest BCUT2D eigenvalue weighted by atomic mass is 19.4. The maximum Gasteiger partial charge on any atom is 0.419 e. The van der Waals surface area contributed by atoms with Gasteiger partial charge in [0.15, 0.2) is 0 Å². The lowest BCUT2D eigenvalue weighted by molar-refractivity contribution is -0.139. The minimum Gasteiger partial charge on any atom is -0.493 e. The standard InChI is InChI=1S/C16H22F3NO/c1-2-13(20)8-12-6-7-15(14(9-12)16(17,18)19)21-10-11-4-3-5-11/h6-7,9,11,13H,2-5,8,10,20H2,1H3. The summed E-state index contributed by atoms with van der Waals surface area (Å²) in [7, 11) is 0. The first-order valence-corrected chi connectivity index (χ1v) is 7.48. The minimum absolute atomic E-state index is 0.0665. The number of hydrogen-bond acceptors (Lipinski definition) is 2. The average Bonchev–Trinajstić information content (AvgIpc) is 2.37. The molecule has 0 amide bonds. The molecule has 0 bridgehead atoms. The van der Waals surface area contributed by atoms with Gasteiger partial charge < -0.3 is 10.5 Å². The van der Waals surface area contributed by atoms with Crippen LogP contribution in [-0.2, 0) is 12.6 Å². The van der Waals surface area contributed by atoms with Crippen molar-refractivity contribution in [3.8, 4) is 5.75 Å². The van der Waals surface area contributed by atoms with E-state index < -0.39 is 11.7 Å². The zero-order valence-electron chi connectivity index (χ0n) is 12.2. The highest BCUT2D eigenvalue weighted by molar-refractivity contribution is 5.39. The first kappa shape index (κ1) is 16.1. The minimum atomic E-state index is -4.40. The maximum absolute atomic E-state index is 13.2. The molecule has 0 aliphatic heterocycles. The van der Waals surface area contributed by atoms with Gasteiger partial charge in [-0.3, -0.25) is 0 Å². The molecule has 0 heterocycles. The summed E-state index contributed by atoms with van der Waals surface area (Å²) < 4.78 is 44.9. The van der Waals surface area contributed by atoms with E-state index in [-0.39, 0.29) is 11.8 Å². The summed E-state index contributed by atoms with van der Waals surface area (Å²) >= 11 is 0. The Morgan fingerprint density at radius 1 is 1.33 bits per heavy atom. The highest BCUT2D eigenvalue weighted by Gasteiger charge is 2.35. The van der Waals surface area contributed by atoms with Gasteiger partial charge >= 0.3 is 6.18 Å². The Hall–Kier alpha value is -1.23. The summed E-state index contributed by atoms with van der Waals surface area (Å²) in [6.45, 7) is 2.29. The van der Waals surface area contributed by atoms with Gasteiger partial charge in [0.05, 0.1) is 12.2 Å².